The summed E-state index contributed by atoms with van der Waals surface area (Å²) in [4.78, 5) is 14.2. The normalized spacial score (nSPS) is 14.4. The number of amides is 1. The zero-order valence-corrected chi connectivity index (χ0v) is 13.9. The first kappa shape index (κ1) is 16.5. The van der Waals surface area contributed by atoms with Gasteiger partial charge in [-0.3, -0.25) is 4.79 Å². The van der Waals surface area contributed by atoms with Crippen molar-refractivity contribution in [2.45, 2.75) is 19.4 Å². The van der Waals surface area contributed by atoms with Gasteiger partial charge in [-0.05, 0) is 29.7 Å². The van der Waals surface area contributed by atoms with Crippen LogP contribution in [0.25, 0.3) is 0 Å². The molecule has 0 radical (unpaired) electrons. The molecular weight excluding hydrogens is 300 g/mol. The number of nitrogens with one attached hydrogen (secondary N) is 1. The van der Waals surface area contributed by atoms with Crippen LogP contribution in [0.1, 0.15) is 17.5 Å². The molecule has 0 bridgehead atoms. The van der Waals surface area contributed by atoms with Gasteiger partial charge in [0.05, 0.1) is 0 Å². The predicted molar refractivity (Wildman–Crippen MR) is 95.0 cm³/mol. The molecule has 1 amide bonds. The fraction of sp³-hybridized carbons (Fsp3) is 0.350. The van der Waals surface area contributed by atoms with E-state index in [1.165, 1.54) is 0 Å². The van der Waals surface area contributed by atoms with Gasteiger partial charge in [-0.2, -0.15) is 0 Å². The second-order valence-corrected chi connectivity index (χ2v) is 6.05. The molecule has 2 aromatic rings. The third kappa shape index (κ3) is 4.83. The Morgan fingerprint density at radius 2 is 1.75 bits per heavy atom. The SMILES string of the molecule is O=C(CCc1cccc(OCc2ccccc2)c1)N1CCNCC1. The van der Waals surface area contributed by atoms with Crippen molar-refractivity contribution in [1.29, 1.82) is 0 Å². The molecule has 0 saturated carbocycles. The third-order valence-corrected chi connectivity index (χ3v) is 4.24. The van der Waals surface area contributed by atoms with Gasteiger partial charge >= 0.3 is 0 Å². The molecule has 1 fully saturated rings. The number of benzene rings is 2. The van der Waals surface area contributed by atoms with Crippen LogP contribution < -0.4 is 10.1 Å². The lowest BCUT2D eigenvalue weighted by atomic mass is 10.1. The first-order valence-electron chi connectivity index (χ1n) is 8.55. The number of carbonyl (C=O) groups is 1. The Morgan fingerprint density at radius 1 is 1.00 bits per heavy atom. The third-order valence-electron chi connectivity index (χ3n) is 4.24. The summed E-state index contributed by atoms with van der Waals surface area (Å²) in [5.74, 6) is 1.10. The summed E-state index contributed by atoms with van der Waals surface area (Å²) < 4.78 is 5.85. The van der Waals surface area contributed by atoms with Crippen molar-refractivity contribution in [3.63, 3.8) is 0 Å². The largest absolute Gasteiger partial charge is 0.489 e. The Morgan fingerprint density at radius 3 is 2.54 bits per heavy atom. The number of rotatable bonds is 6. The van der Waals surface area contributed by atoms with Gasteiger partial charge in [0.25, 0.3) is 0 Å². The minimum absolute atomic E-state index is 0.243. The standard InChI is InChI=1S/C20H24N2O2/c23-20(22-13-11-21-12-14-22)10-9-17-7-4-8-19(15-17)24-16-18-5-2-1-3-6-18/h1-8,15,21H,9-14,16H2. The lowest BCUT2D eigenvalue weighted by Gasteiger charge is -2.27. The zero-order valence-electron chi connectivity index (χ0n) is 13.9. The predicted octanol–water partition coefficient (Wildman–Crippen LogP) is 2.63. The zero-order chi connectivity index (χ0) is 16.6. The van der Waals surface area contributed by atoms with Crippen LogP contribution in [-0.4, -0.2) is 37.0 Å². The second kappa shape index (κ2) is 8.50. The Labute approximate surface area is 143 Å². The van der Waals surface area contributed by atoms with E-state index in [0.717, 1.165) is 49.5 Å². The molecule has 0 spiro atoms. The van der Waals surface area contributed by atoms with Crippen LogP contribution in [0.3, 0.4) is 0 Å². The smallest absolute Gasteiger partial charge is 0.222 e. The van der Waals surface area contributed by atoms with Gasteiger partial charge in [0.1, 0.15) is 12.4 Å². The number of piperazine rings is 1. The van der Waals surface area contributed by atoms with Crippen molar-refractivity contribution in [2.24, 2.45) is 0 Å². The monoisotopic (exact) mass is 324 g/mol. The highest BCUT2D eigenvalue weighted by molar-refractivity contribution is 5.76. The van der Waals surface area contributed by atoms with Crippen molar-refractivity contribution < 1.29 is 9.53 Å². The maximum atomic E-state index is 12.2. The molecule has 1 N–H and O–H groups in total. The van der Waals surface area contributed by atoms with Crippen LogP contribution in [0.4, 0.5) is 0 Å². The Bertz CT molecular complexity index is 652. The van der Waals surface area contributed by atoms with E-state index >= 15 is 0 Å². The van der Waals surface area contributed by atoms with E-state index in [1.807, 2.05) is 41.3 Å². The van der Waals surface area contributed by atoms with Crippen molar-refractivity contribution >= 4 is 5.91 Å². The molecule has 0 atom stereocenters. The van der Waals surface area contributed by atoms with Crippen LogP contribution in [0.2, 0.25) is 0 Å². The Kier molecular flexibility index (Phi) is 5.85. The van der Waals surface area contributed by atoms with E-state index < -0.39 is 0 Å². The van der Waals surface area contributed by atoms with Gasteiger partial charge in [-0.1, -0.05) is 42.5 Å². The highest BCUT2D eigenvalue weighted by atomic mass is 16.5. The fourth-order valence-corrected chi connectivity index (χ4v) is 2.86. The molecule has 1 heterocycles. The van der Waals surface area contributed by atoms with Crippen molar-refractivity contribution in [2.75, 3.05) is 26.2 Å². The summed E-state index contributed by atoms with van der Waals surface area (Å²) in [5, 5.41) is 3.27. The van der Waals surface area contributed by atoms with Gasteiger partial charge < -0.3 is 15.0 Å². The highest BCUT2D eigenvalue weighted by Gasteiger charge is 2.15. The molecule has 24 heavy (non-hydrogen) atoms. The van der Waals surface area contributed by atoms with Crippen LogP contribution in [0.5, 0.6) is 5.75 Å². The Hall–Kier alpha value is -2.33. The molecule has 4 nitrogen and oxygen atoms in total. The molecule has 0 unspecified atom stereocenters. The summed E-state index contributed by atoms with van der Waals surface area (Å²) in [7, 11) is 0. The minimum Gasteiger partial charge on any atom is -0.489 e. The number of nitrogens with zero attached hydrogens (tertiary/aromatic N) is 1. The fourth-order valence-electron chi connectivity index (χ4n) is 2.86. The molecule has 3 rings (SSSR count). The average molecular weight is 324 g/mol. The van der Waals surface area contributed by atoms with Crippen molar-refractivity contribution in [1.82, 2.24) is 10.2 Å². The number of aryl methyl sites for hydroxylation is 1. The van der Waals surface area contributed by atoms with Gasteiger partial charge in [0, 0.05) is 32.6 Å². The van der Waals surface area contributed by atoms with Gasteiger partial charge in [0.15, 0.2) is 0 Å². The molecule has 126 valence electrons. The minimum atomic E-state index is 0.243. The lowest BCUT2D eigenvalue weighted by molar-refractivity contribution is -0.131. The van der Waals surface area contributed by atoms with E-state index in [-0.39, 0.29) is 5.91 Å². The van der Waals surface area contributed by atoms with E-state index in [0.29, 0.717) is 13.0 Å². The highest BCUT2D eigenvalue weighted by Crippen LogP contribution is 2.17. The topological polar surface area (TPSA) is 41.6 Å². The molecule has 1 aliphatic rings. The Balaban J connectivity index is 1.50. The number of hydrogen-bond donors (Lipinski definition) is 1. The van der Waals surface area contributed by atoms with E-state index in [1.54, 1.807) is 0 Å². The molecule has 4 heteroatoms. The van der Waals surface area contributed by atoms with E-state index in [9.17, 15) is 4.79 Å². The number of hydrogen-bond acceptors (Lipinski definition) is 3. The number of ether oxygens (including phenoxy) is 1. The van der Waals surface area contributed by atoms with Crippen LogP contribution in [0, 0.1) is 0 Å². The molecule has 1 aliphatic heterocycles. The summed E-state index contributed by atoms with van der Waals surface area (Å²) in [6, 6.07) is 18.2. The molecule has 1 saturated heterocycles. The summed E-state index contributed by atoms with van der Waals surface area (Å²) in [5.41, 5.74) is 2.29. The summed E-state index contributed by atoms with van der Waals surface area (Å²) in [6.45, 7) is 3.99. The van der Waals surface area contributed by atoms with Gasteiger partial charge in [-0.15, -0.1) is 0 Å². The van der Waals surface area contributed by atoms with Crippen molar-refractivity contribution in [3.05, 3.63) is 65.7 Å². The van der Waals surface area contributed by atoms with Crippen LogP contribution in [0.15, 0.2) is 54.6 Å². The number of carbonyl (C=O) groups excluding carboxylic acids is 1. The average Bonchev–Trinajstić information content (AvgIpc) is 2.66. The maximum absolute atomic E-state index is 12.2. The lowest BCUT2D eigenvalue weighted by Crippen LogP contribution is -2.46. The summed E-state index contributed by atoms with van der Waals surface area (Å²) in [6.07, 6.45) is 1.31. The summed E-state index contributed by atoms with van der Waals surface area (Å²) >= 11 is 0. The maximum Gasteiger partial charge on any atom is 0.222 e. The van der Waals surface area contributed by atoms with Crippen molar-refractivity contribution in [3.8, 4) is 5.75 Å². The first-order valence-corrected chi connectivity index (χ1v) is 8.55. The molecular formula is C20H24N2O2. The van der Waals surface area contributed by atoms with E-state index in [2.05, 4.69) is 23.5 Å². The molecule has 0 aliphatic carbocycles. The quantitative estimate of drug-likeness (QED) is 0.888. The molecule has 0 aromatic heterocycles. The molecule has 2 aromatic carbocycles. The first-order chi connectivity index (χ1) is 11.8. The van der Waals surface area contributed by atoms with Gasteiger partial charge in [0.2, 0.25) is 5.91 Å². The van der Waals surface area contributed by atoms with Gasteiger partial charge in [-0.25, -0.2) is 0 Å². The van der Waals surface area contributed by atoms with Crippen LogP contribution in [-0.2, 0) is 17.8 Å². The second-order valence-electron chi connectivity index (χ2n) is 6.05. The van der Waals surface area contributed by atoms with Crippen LogP contribution >= 0.6 is 0 Å². The van der Waals surface area contributed by atoms with E-state index in [4.69, 9.17) is 4.74 Å².